The Morgan fingerprint density at radius 1 is 0.559 bits per heavy atom. The second-order valence-corrected chi connectivity index (χ2v) is 10.9. The second-order valence-electron chi connectivity index (χ2n) is 10.9. The topological polar surface area (TPSA) is 0 Å². The highest BCUT2D eigenvalue weighted by Crippen LogP contribution is 2.22. The van der Waals surface area contributed by atoms with Crippen molar-refractivity contribution in [2.45, 2.75) is 142 Å². The van der Waals surface area contributed by atoms with Crippen LogP contribution in [0.2, 0.25) is 0 Å². The molecule has 1 aromatic carbocycles. The van der Waals surface area contributed by atoms with Gasteiger partial charge in [0.25, 0.3) is 0 Å². The van der Waals surface area contributed by atoms with Crippen LogP contribution in [-0.4, -0.2) is 24.1 Å². The molecule has 0 N–H and O–H groups in total. The quantitative estimate of drug-likeness (QED) is 0.0757. The van der Waals surface area contributed by atoms with Crippen LogP contribution in [0.5, 0.6) is 0 Å². The van der Waals surface area contributed by atoms with Crippen molar-refractivity contribution in [3.05, 3.63) is 48.6 Å². The van der Waals surface area contributed by atoms with Crippen LogP contribution in [0.25, 0.3) is 0 Å². The zero-order chi connectivity index (χ0) is 24.6. The summed E-state index contributed by atoms with van der Waals surface area (Å²) in [4.78, 5) is 0. The van der Waals surface area contributed by atoms with Crippen molar-refractivity contribution in [3.63, 3.8) is 0 Å². The molecular weight excluding hydrogens is 410 g/mol. The standard InChI is InChI=1S/C33H60N/c1-4-7-10-13-16-17-20-26-31-34(29-24-18-14-11-8-5-2,30-25-19-15-12-9-6-3)32-33-27-22-21-23-28-33/h4,21-23,27-28H,1,5-20,24-26,29-32H2,2-3H3/q+1. The highest BCUT2D eigenvalue weighted by atomic mass is 15.3. The first-order valence-corrected chi connectivity index (χ1v) is 15.3. The van der Waals surface area contributed by atoms with E-state index in [2.05, 4.69) is 56.8 Å². The lowest BCUT2D eigenvalue weighted by molar-refractivity contribution is -0.941. The maximum Gasteiger partial charge on any atom is 0.104 e. The molecule has 0 aromatic heterocycles. The minimum absolute atomic E-state index is 1.19. The van der Waals surface area contributed by atoms with E-state index in [1.807, 2.05) is 0 Å². The monoisotopic (exact) mass is 470 g/mol. The molecule has 0 bridgehead atoms. The predicted molar refractivity (Wildman–Crippen MR) is 154 cm³/mol. The van der Waals surface area contributed by atoms with Crippen LogP contribution < -0.4 is 0 Å². The van der Waals surface area contributed by atoms with E-state index in [4.69, 9.17) is 0 Å². The Kier molecular flexibility index (Phi) is 20.4. The maximum absolute atomic E-state index is 3.86. The maximum atomic E-state index is 3.86. The zero-order valence-electron chi connectivity index (χ0n) is 23.4. The van der Waals surface area contributed by atoms with Crippen molar-refractivity contribution >= 4 is 0 Å². The number of quaternary nitrogens is 1. The number of nitrogens with zero attached hydrogens (tertiary/aromatic N) is 1. The Labute approximate surface area is 215 Å². The predicted octanol–water partition coefficient (Wildman–Crippen LogP) is 10.6. The minimum atomic E-state index is 1.19. The van der Waals surface area contributed by atoms with Crippen molar-refractivity contribution < 1.29 is 4.48 Å². The van der Waals surface area contributed by atoms with Crippen molar-refractivity contribution in [3.8, 4) is 0 Å². The molecule has 34 heavy (non-hydrogen) atoms. The molecule has 0 aliphatic carbocycles. The summed E-state index contributed by atoms with van der Waals surface area (Å²) in [5.74, 6) is 0. The van der Waals surface area contributed by atoms with Gasteiger partial charge >= 0.3 is 0 Å². The van der Waals surface area contributed by atoms with Gasteiger partial charge in [0.15, 0.2) is 0 Å². The molecule has 0 spiro atoms. The van der Waals surface area contributed by atoms with Gasteiger partial charge in [0.05, 0.1) is 19.6 Å². The Bertz CT molecular complexity index is 533. The first-order chi connectivity index (χ1) is 16.8. The van der Waals surface area contributed by atoms with E-state index in [0.717, 1.165) is 0 Å². The van der Waals surface area contributed by atoms with E-state index >= 15 is 0 Å². The van der Waals surface area contributed by atoms with Crippen LogP contribution in [0.3, 0.4) is 0 Å². The van der Waals surface area contributed by atoms with Crippen LogP contribution in [0.15, 0.2) is 43.0 Å². The number of allylic oxidation sites excluding steroid dienone is 1. The molecule has 1 heteroatoms. The molecule has 0 saturated carbocycles. The lowest BCUT2D eigenvalue weighted by atomic mass is 10.0. The van der Waals surface area contributed by atoms with Crippen LogP contribution in [0, 0.1) is 0 Å². The van der Waals surface area contributed by atoms with E-state index in [0.29, 0.717) is 0 Å². The summed E-state index contributed by atoms with van der Waals surface area (Å²) < 4.78 is 1.34. The van der Waals surface area contributed by atoms with Gasteiger partial charge in [-0.25, -0.2) is 0 Å². The molecule has 1 rings (SSSR count). The summed E-state index contributed by atoms with van der Waals surface area (Å²) in [6.45, 7) is 13.9. The van der Waals surface area contributed by atoms with Gasteiger partial charge in [-0.2, -0.15) is 0 Å². The van der Waals surface area contributed by atoms with Gasteiger partial charge in [0.1, 0.15) is 6.54 Å². The number of rotatable bonds is 25. The fourth-order valence-electron chi connectivity index (χ4n) is 5.44. The van der Waals surface area contributed by atoms with Gasteiger partial charge < -0.3 is 4.48 Å². The molecular formula is C33H60N+. The average molecular weight is 471 g/mol. The second kappa shape index (κ2) is 22.4. The third-order valence-corrected chi connectivity index (χ3v) is 7.62. The lowest BCUT2D eigenvalue weighted by Gasteiger charge is -2.39. The normalized spacial score (nSPS) is 11.7. The molecule has 0 aliphatic heterocycles. The number of benzene rings is 1. The summed E-state index contributed by atoms with van der Waals surface area (Å²) in [7, 11) is 0. The fraction of sp³-hybridized carbons (Fsp3) is 0.758. The molecule has 0 saturated heterocycles. The summed E-state index contributed by atoms with van der Waals surface area (Å²) >= 11 is 0. The molecule has 0 fully saturated rings. The minimum Gasteiger partial charge on any atom is -0.320 e. The van der Waals surface area contributed by atoms with Crippen molar-refractivity contribution in [1.82, 2.24) is 0 Å². The van der Waals surface area contributed by atoms with Crippen LogP contribution in [0.1, 0.15) is 141 Å². The largest absolute Gasteiger partial charge is 0.320 e. The molecule has 0 unspecified atom stereocenters. The van der Waals surface area contributed by atoms with Crippen LogP contribution in [-0.2, 0) is 6.54 Å². The van der Waals surface area contributed by atoms with Gasteiger partial charge in [0.2, 0.25) is 0 Å². The van der Waals surface area contributed by atoms with E-state index in [1.165, 1.54) is 153 Å². The molecule has 1 aromatic rings. The molecule has 0 atom stereocenters. The first-order valence-electron chi connectivity index (χ1n) is 15.3. The van der Waals surface area contributed by atoms with Crippen molar-refractivity contribution in [2.75, 3.05) is 19.6 Å². The Morgan fingerprint density at radius 3 is 1.41 bits per heavy atom. The Balaban J connectivity index is 2.67. The van der Waals surface area contributed by atoms with Gasteiger partial charge in [-0.15, -0.1) is 6.58 Å². The number of hydrogen-bond donors (Lipinski definition) is 0. The molecule has 0 amide bonds. The Morgan fingerprint density at radius 2 is 0.971 bits per heavy atom. The van der Waals surface area contributed by atoms with Crippen LogP contribution >= 0.6 is 0 Å². The number of unbranched alkanes of at least 4 members (excludes halogenated alkanes) is 16. The van der Waals surface area contributed by atoms with E-state index in [1.54, 1.807) is 5.56 Å². The SMILES string of the molecule is C=CCCCCCCCC[N+](CCCCCCCC)(CCCCCCCC)Cc1ccccc1. The van der Waals surface area contributed by atoms with Gasteiger partial charge in [0, 0.05) is 5.56 Å². The van der Waals surface area contributed by atoms with Crippen molar-refractivity contribution in [2.24, 2.45) is 0 Å². The molecule has 0 radical (unpaired) electrons. The number of hydrogen-bond acceptors (Lipinski definition) is 0. The third kappa shape index (κ3) is 16.5. The fourth-order valence-corrected chi connectivity index (χ4v) is 5.44. The summed E-state index contributed by atoms with van der Waals surface area (Å²) in [5.41, 5.74) is 1.55. The van der Waals surface area contributed by atoms with Crippen molar-refractivity contribution in [1.29, 1.82) is 0 Å². The highest BCUT2D eigenvalue weighted by molar-refractivity contribution is 5.13. The van der Waals surface area contributed by atoms with Crippen LogP contribution in [0.4, 0.5) is 0 Å². The smallest absolute Gasteiger partial charge is 0.104 e. The van der Waals surface area contributed by atoms with Gasteiger partial charge in [-0.05, 0) is 51.4 Å². The summed E-state index contributed by atoms with van der Waals surface area (Å²) in [5, 5.41) is 0. The Hall–Kier alpha value is -1.08. The first kappa shape index (κ1) is 31.0. The molecule has 196 valence electrons. The van der Waals surface area contributed by atoms with E-state index in [9.17, 15) is 0 Å². The van der Waals surface area contributed by atoms with Gasteiger partial charge in [-0.1, -0.05) is 121 Å². The summed E-state index contributed by atoms with van der Waals surface area (Å²) in [6, 6.07) is 11.4. The van der Waals surface area contributed by atoms with Gasteiger partial charge in [-0.3, -0.25) is 0 Å². The molecule has 0 heterocycles. The molecule has 0 aliphatic rings. The summed E-state index contributed by atoms with van der Waals surface area (Å²) in [6.07, 6.45) is 28.5. The van der Waals surface area contributed by atoms with E-state index in [-0.39, 0.29) is 0 Å². The molecule has 1 nitrogen and oxygen atoms in total. The van der Waals surface area contributed by atoms with E-state index < -0.39 is 0 Å². The average Bonchev–Trinajstić information content (AvgIpc) is 2.86. The highest BCUT2D eigenvalue weighted by Gasteiger charge is 2.26. The third-order valence-electron chi connectivity index (χ3n) is 7.62. The zero-order valence-corrected chi connectivity index (χ0v) is 23.4. The lowest BCUT2D eigenvalue weighted by Crippen LogP contribution is -2.49.